The first-order valence-corrected chi connectivity index (χ1v) is 13.4. The van der Waals surface area contributed by atoms with Crippen molar-refractivity contribution in [3.63, 3.8) is 0 Å². The van der Waals surface area contributed by atoms with Gasteiger partial charge in [-0.25, -0.2) is 0 Å². The lowest BCUT2D eigenvalue weighted by Gasteiger charge is -2.27. The van der Waals surface area contributed by atoms with Gasteiger partial charge in [0.25, 0.3) is 11.8 Å². The SMILES string of the molecule is CCCCCCOCCOCCOCCOCCNc1cccc2c1C(=O)N(C1CCC(=O)NC1=O)C2=O. The lowest BCUT2D eigenvalue weighted by Crippen LogP contribution is -2.54. The average molecular weight is 534 g/mol. The number of nitrogens with zero attached hydrogens (tertiary/aromatic N) is 1. The van der Waals surface area contributed by atoms with Crippen LogP contribution in [0, 0.1) is 0 Å². The summed E-state index contributed by atoms with van der Waals surface area (Å²) >= 11 is 0. The van der Waals surface area contributed by atoms with E-state index >= 15 is 0 Å². The Bertz CT molecular complexity index is 954. The fourth-order valence-electron chi connectivity index (χ4n) is 4.31. The molecule has 0 saturated carbocycles. The second kappa shape index (κ2) is 16.2. The quantitative estimate of drug-likeness (QED) is 0.203. The van der Waals surface area contributed by atoms with Gasteiger partial charge < -0.3 is 24.3 Å². The molecule has 0 spiro atoms. The monoisotopic (exact) mass is 533 g/mol. The zero-order valence-corrected chi connectivity index (χ0v) is 22.1. The average Bonchev–Trinajstić information content (AvgIpc) is 3.16. The molecule has 11 nitrogen and oxygen atoms in total. The molecule has 11 heteroatoms. The van der Waals surface area contributed by atoms with E-state index < -0.39 is 29.7 Å². The van der Waals surface area contributed by atoms with Crippen LogP contribution in [0.25, 0.3) is 0 Å². The van der Waals surface area contributed by atoms with E-state index in [1.54, 1.807) is 18.2 Å². The minimum absolute atomic E-state index is 0.0806. The van der Waals surface area contributed by atoms with E-state index in [9.17, 15) is 19.2 Å². The van der Waals surface area contributed by atoms with Gasteiger partial charge in [-0.15, -0.1) is 0 Å². The second-order valence-electron chi connectivity index (χ2n) is 9.11. The molecule has 1 atom stereocenters. The van der Waals surface area contributed by atoms with Gasteiger partial charge in [-0.1, -0.05) is 32.3 Å². The highest BCUT2D eigenvalue weighted by Gasteiger charge is 2.45. The van der Waals surface area contributed by atoms with Crippen LogP contribution in [0.15, 0.2) is 18.2 Å². The van der Waals surface area contributed by atoms with Gasteiger partial charge in [0.1, 0.15) is 6.04 Å². The Kier molecular flexibility index (Phi) is 12.6. The van der Waals surface area contributed by atoms with Crippen LogP contribution in [-0.4, -0.2) is 94.0 Å². The molecular formula is C27H39N3O8. The zero-order valence-electron chi connectivity index (χ0n) is 22.1. The molecule has 0 aromatic heterocycles. The highest BCUT2D eigenvalue weighted by Crippen LogP contribution is 2.32. The summed E-state index contributed by atoms with van der Waals surface area (Å²) in [4.78, 5) is 50.6. The van der Waals surface area contributed by atoms with Crippen molar-refractivity contribution >= 4 is 29.3 Å². The van der Waals surface area contributed by atoms with Gasteiger partial charge in [0.2, 0.25) is 11.8 Å². The van der Waals surface area contributed by atoms with Gasteiger partial charge in [-0.2, -0.15) is 0 Å². The van der Waals surface area contributed by atoms with Crippen LogP contribution >= 0.6 is 0 Å². The van der Waals surface area contributed by atoms with Crippen molar-refractivity contribution in [1.29, 1.82) is 0 Å². The van der Waals surface area contributed by atoms with E-state index in [0.29, 0.717) is 58.5 Å². The van der Waals surface area contributed by atoms with Crippen LogP contribution in [0.3, 0.4) is 0 Å². The Morgan fingerprint density at radius 1 is 0.842 bits per heavy atom. The number of rotatable bonds is 19. The minimum atomic E-state index is -0.990. The van der Waals surface area contributed by atoms with Gasteiger partial charge in [-0.05, 0) is 25.0 Å². The third-order valence-electron chi connectivity index (χ3n) is 6.29. The van der Waals surface area contributed by atoms with Gasteiger partial charge in [0.05, 0.1) is 57.4 Å². The molecule has 2 N–H and O–H groups in total. The number of carbonyl (C=O) groups excluding carboxylic acids is 4. The largest absolute Gasteiger partial charge is 0.382 e. The standard InChI is InChI=1S/C27H39N3O8/c1-2-3-4-5-12-35-14-16-37-18-19-38-17-15-36-13-11-28-21-8-6-7-20-24(21)27(34)30(26(20)33)22-9-10-23(31)29-25(22)32/h6-8,22,28H,2-5,9-19H2,1H3,(H,29,31,32). The van der Waals surface area contributed by atoms with Crippen molar-refractivity contribution in [1.82, 2.24) is 10.2 Å². The first-order valence-electron chi connectivity index (χ1n) is 13.4. The van der Waals surface area contributed by atoms with E-state index in [2.05, 4.69) is 17.6 Å². The number of anilines is 1. The molecule has 38 heavy (non-hydrogen) atoms. The van der Waals surface area contributed by atoms with Crippen LogP contribution in [0.5, 0.6) is 0 Å². The van der Waals surface area contributed by atoms with Gasteiger partial charge in [0.15, 0.2) is 0 Å². The van der Waals surface area contributed by atoms with Crippen molar-refractivity contribution < 1.29 is 38.1 Å². The van der Waals surface area contributed by atoms with Crippen LogP contribution < -0.4 is 10.6 Å². The molecule has 1 fully saturated rings. The second-order valence-corrected chi connectivity index (χ2v) is 9.11. The molecule has 1 unspecified atom stereocenters. The number of amides is 4. The summed E-state index contributed by atoms with van der Waals surface area (Å²) in [6, 6.07) is 3.96. The molecule has 3 rings (SSSR count). The maximum absolute atomic E-state index is 13.1. The molecule has 2 heterocycles. The normalized spacial score (nSPS) is 17.2. The number of hydrogen-bond acceptors (Lipinski definition) is 9. The molecule has 0 radical (unpaired) electrons. The van der Waals surface area contributed by atoms with E-state index in [0.717, 1.165) is 17.9 Å². The lowest BCUT2D eigenvalue weighted by atomic mass is 10.0. The van der Waals surface area contributed by atoms with E-state index in [1.807, 2.05) is 0 Å². The molecule has 2 aliphatic rings. The summed E-state index contributed by atoms with van der Waals surface area (Å²) in [5.74, 6) is -2.11. The maximum atomic E-state index is 13.1. The molecule has 4 amide bonds. The first kappa shape index (κ1) is 29.7. The number of carbonyl (C=O) groups is 4. The van der Waals surface area contributed by atoms with Gasteiger partial charge in [0, 0.05) is 25.3 Å². The van der Waals surface area contributed by atoms with Crippen molar-refractivity contribution in [3.05, 3.63) is 29.3 Å². The number of unbranched alkanes of at least 4 members (excludes halogenated alkanes) is 3. The van der Waals surface area contributed by atoms with Crippen molar-refractivity contribution in [2.24, 2.45) is 0 Å². The molecule has 0 aliphatic carbocycles. The van der Waals surface area contributed by atoms with Crippen LogP contribution in [0.1, 0.15) is 66.2 Å². The van der Waals surface area contributed by atoms with Crippen LogP contribution in [0.2, 0.25) is 0 Å². The predicted molar refractivity (Wildman–Crippen MR) is 139 cm³/mol. The number of hydrogen-bond donors (Lipinski definition) is 2. The summed E-state index contributed by atoms with van der Waals surface area (Å²) in [7, 11) is 0. The number of ether oxygens (including phenoxy) is 4. The molecule has 210 valence electrons. The molecular weight excluding hydrogens is 494 g/mol. The minimum Gasteiger partial charge on any atom is -0.382 e. The number of piperidine rings is 1. The Balaban J connectivity index is 1.26. The summed E-state index contributed by atoms with van der Waals surface area (Å²) in [5, 5.41) is 5.33. The van der Waals surface area contributed by atoms with Crippen LogP contribution in [0.4, 0.5) is 5.69 Å². The highest BCUT2D eigenvalue weighted by atomic mass is 16.6. The van der Waals surface area contributed by atoms with Crippen molar-refractivity contribution in [3.8, 4) is 0 Å². The topological polar surface area (TPSA) is 132 Å². The van der Waals surface area contributed by atoms with E-state index in [4.69, 9.17) is 18.9 Å². The van der Waals surface area contributed by atoms with Gasteiger partial charge >= 0.3 is 0 Å². The van der Waals surface area contributed by atoms with E-state index in [1.165, 1.54) is 19.3 Å². The number of imide groups is 2. The molecule has 0 bridgehead atoms. The Morgan fingerprint density at radius 2 is 1.50 bits per heavy atom. The molecule has 2 aliphatic heterocycles. The zero-order chi connectivity index (χ0) is 27.2. The Morgan fingerprint density at radius 3 is 2.16 bits per heavy atom. The molecule has 1 aromatic rings. The Hall–Kier alpha value is -2.86. The fourth-order valence-corrected chi connectivity index (χ4v) is 4.31. The molecule has 1 saturated heterocycles. The van der Waals surface area contributed by atoms with Crippen molar-refractivity contribution in [2.45, 2.75) is 51.5 Å². The molecule has 1 aromatic carbocycles. The number of fused-ring (bicyclic) bond motifs is 1. The first-order chi connectivity index (χ1) is 18.5. The lowest BCUT2D eigenvalue weighted by molar-refractivity contribution is -0.136. The number of benzene rings is 1. The van der Waals surface area contributed by atoms with Gasteiger partial charge in [-0.3, -0.25) is 29.4 Å². The van der Waals surface area contributed by atoms with Crippen LogP contribution in [-0.2, 0) is 28.5 Å². The highest BCUT2D eigenvalue weighted by molar-refractivity contribution is 6.25. The van der Waals surface area contributed by atoms with Crippen molar-refractivity contribution in [2.75, 3.05) is 64.7 Å². The number of nitrogens with one attached hydrogen (secondary N) is 2. The fraction of sp³-hybridized carbons (Fsp3) is 0.630. The predicted octanol–water partition coefficient (Wildman–Crippen LogP) is 2.15. The summed E-state index contributed by atoms with van der Waals surface area (Å²) in [6.45, 7) is 6.75. The maximum Gasteiger partial charge on any atom is 0.264 e. The summed E-state index contributed by atoms with van der Waals surface area (Å²) < 4.78 is 22.0. The van der Waals surface area contributed by atoms with E-state index in [-0.39, 0.29) is 24.0 Å². The smallest absolute Gasteiger partial charge is 0.264 e. The Labute approximate surface area is 223 Å². The summed E-state index contributed by atoms with van der Waals surface area (Å²) in [5.41, 5.74) is 0.963. The summed E-state index contributed by atoms with van der Waals surface area (Å²) in [6.07, 6.45) is 4.99. The third kappa shape index (κ3) is 8.59. The third-order valence-corrected chi connectivity index (χ3v) is 6.29.